The van der Waals surface area contributed by atoms with Gasteiger partial charge in [-0.05, 0) is 29.8 Å². The molecule has 0 aliphatic heterocycles. The van der Waals surface area contributed by atoms with Crippen LogP contribution >= 0.6 is 0 Å². The van der Waals surface area contributed by atoms with Gasteiger partial charge in [0.05, 0.1) is 14.2 Å². The number of para-hydroxylation sites is 1. The van der Waals surface area contributed by atoms with E-state index in [0.717, 1.165) is 0 Å². The van der Waals surface area contributed by atoms with Crippen molar-refractivity contribution in [3.63, 3.8) is 0 Å². The number of carbonyl (C=O) groups is 1. The molecule has 0 aliphatic carbocycles. The maximum absolute atomic E-state index is 11.5. The van der Waals surface area contributed by atoms with Crippen LogP contribution in [0.4, 0.5) is 0 Å². The van der Waals surface area contributed by atoms with Crippen molar-refractivity contribution < 1.29 is 29.2 Å². The molecular formula is C17H18O6. The second-order valence-electron chi connectivity index (χ2n) is 4.75. The number of carboxylic acid groups (broad SMARTS) is 1. The zero-order valence-corrected chi connectivity index (χ0v) is 12.8. The Kier molecular flexibility index (Phi) is 5.43. The van der Waals surface area contributed by atoms with Crippen LogP contribution in [-0.2, 0) is 4.79 Å². The Morgan fingerprint density at radius 2 is 1.65 bits per heavy atom. The smallest absolute Gasteiger partial charge is 0.348 e. The summed E-state index contributed by atoms with van der Waals surface area (Å²) in [4.78, 5) is 11.5. The van der Waals surface area contributed by atoms with Gasteiger partial charge in [-0.1, -0.05) is 24.3 Å². The van der Waals surface area contributed by atoms with Crippen molar-refractivity contribution in [2.45, 2.75) is 12.2 Å². The van der Waals surface area contributed by atoms with E-state index in [1.54, 1.807) is 42.5 Å². The normalized spacial score (nSPS) is 13.0. The molecule has 0 heterocycles. The van der Waals surface area contributed by atoms with E-state index in [0.29, 0.717) is 22.8 Å². The van der Waals surface area contributed by atoms with Gasteiger partial charge in [0.2, 0.25) is 6.10 Å². The van der Waals surface area contributed by atoms with Crippen LogP contribution in [0.5, 0.6) is 17.2 Å². The van der Waals surface area contributed by atoms with E-state index in [1.165, 1.54) is 20.3 Å². The standard InChI is InChI=1S/C17H18O6/c1-21-13-9-8-11(10-14(13)22-2)15(18)16(17(19)20)23-12-6-4-3-5-7-12/h3-10,15-16,18H,1-2H3,(H,19,20). The van der Waals surface area contributed by atoms with Crippen molar-refractivity contribution in [2.75, 3.05) is 14.2 Å². The van der Waals surface area contributed by atoms with Crippen LogP contribution in [0.1, 0.15) is 11.7 Å². The van der Waals surface area contributed by atoms with E-state index < -0.39 is 18.2 Å². The number of aliphatic hydroxyl groups is 1. The predicted octanol–water partition coefficient (Wildman–Crippen LogP) is 2.27. The molecule has 6 heteroatoms. The van der Waals surface area contributed by atoms with Gasteiger partial charge in [0, 0.05) is 0 Å². The van der Waals surface area contributed by atoms with Gasteiger partial charge in [-0.2, -0.15) is 0 Å². The van der Waals surface area contributed by atoms with Crippen molar-refractivity contribution in [3.8, 4) is 17.2 Å². The van der Waals surface area contributed by atoms with Gasteiger partial charge >= 0.3 is 5.97 Å². The lowest BCUT2D eigenvalue weighted by Gasteiger charge is -2.21. The summed E-state index contributed by atoms with van der Waals surface area (Å²) < 4.78 is 15.7. The highest BCUT2D eigenvalue weighted by Gasteiger charge is 2.30. The summed E-state index contributed by atoms with van der Waals surface area (Å²) >= 11 is 0. The minimum atomic E-state index is -1.45. The molecule has 2 aromatic carbocycles. The molecule has 0 radical (unpaired) electrons. The Morgan fingerprint density at radius 1 is 1.00 bits per heavy atom. The second-order valence-corrected chi connectivity index (χ2v) is 4.75. The summed E-state index contributed by atoms with van der Waals surface area (Å²) in [5.74, 6) is -0.0252. The number of hydrogen-bond donors (Lipinski definition) is 2. The van der Waals surface area contributed by atoms with Crippen LogP contribution in [0.2, 0.25) is 0 Å². The fraction of sp³-hybridized carbons (Fsp3) is 0.235. The molecule has 2 atom stereocenters. The third-order valence-corrected chi connectivity index (χ3v) is 3.29. The average molecular weight is 318 g/mol. The van der Waals surface area contributed by atoms with Crippen LogP contribution in [0.3, 0.4) is 0 Å². The number of aliphatic hydroxyl groups excluding tert-OH is 1. The average Bonchev–Trinajstić information content (AvgIpc) is 2.59. The minimum absolute atomic E-state index is 0.353. The van der Waals surface area contributed by atoms with Crippen LogP contribution < -0.4 is 14.2 Å². The maximum atomic E-state index is 11.5. The lowest BCUT2D eigenvalue weighted by atomic mass is 10.0. The Bertz CT molecular complexity index is 655. The highest BCUT2D eigenvalue weighted by molar-refractivity contribution is 5.74. The molecule has 0 amide bonds. The van der Waals surface area contributed by atoms with Crippen molar-refractivity contribution in [1.29, 1.82) is 0 Å². The molecule has 2 rings (SSSR count). The second kappa shape index (κ2) is 7.51. The van der Waals surface area contributed by atoms with Crippen molar-refractivity contribution in [3.05, 3.63) is 54.1 Å². The summed E-state index contributed by atoms with van der Waals surface area (Å²) in [7, 11) is 2.95. The monoisotopic (exact) mass is 318 g/mol. The number of methoxy groups -OCH3 is 2. The molecule has 0 aromatic heterocycles. The number of ether oxygens (including phenoxy) is 3. The third kappa shape index (κ3) is 3.92. The SMILES string of the molecule is COc1ccc(C(O)C(Oc2ccccc2)C(=O)O)cc1OC. The van der Waals surface area contributed by atoms with E-state index in [-0.39, 0.29) is 0 Å². The van der Waals surface area contributed by atoms with Gasteiger partial charge < -0.3 is 24.4 Å². The Balaban J connectivity index is 2.27. The summed E-state index contributed by atoms with van der Waals surface area (Å²) in [6.45, 7) is 0. The summed E-state index contributed by atoms with van der Waals surface area (Å²) in [6.07, 6.45) is -2.82. The molecule has 122 valence electrons. The molecule has 0 saturated carbocycles. The molecule has 2 unspecified atom stereocenters. The maximum Gasteiger partial charge on any atom is 0.348 e. The number of carboxylic acids is 1. The molecular weight excluding hydrogens is 300 g/mol. The topological polar surface area (TPSA) is 85.2 Å². The first kappa shape index (κ1) is 16.6. The fourth-order valence-corrected chi connectivity index (χ4v) is 2.11. The summed E-state index contributed by atoms with van der Waals surface area (Å²) in [5.41, 5.74) is 0.353. The summed E-state index contributed by atoms with van der Waals surface area (Å²) in [5, 5.41) is 19.7. The van der Waals surface area contributed by atoms with Crippen LogP contribution in [0, 0.1) is 0 Å². The number of rotatable bonds is 7. The Labute approximate surface area is 133 Å². The van der Waals surface area contributed by atoms with Crippen LogP contribution in [0.25, 0.3) is 0 Å². The van der Waals surface area contributed by atoms with E-state index in [2.05, 4.69) is 0 Å². The highest BCUT2D eigenvalue weighted by atomic mass is 16.5. The lowest BCUT2D eigenvalue weighted by molar-refractivity contribution is -0.150. The lowest BCUT2D eigenvalue weighted by Crippen LogP contribution is -2.33. The van der Waals surface area contributed by atoms with Gasteiger partial charge in [-0.25, -0.2) is 4.79 Å². The number of hydrogen-bond acceptors (Lipinski definition) is 5. The molecule has 0 bridgehead atoms. The largest absolute Gasteiger partial charge is 0.493 e. The molecule has 2 N–H and O–H groups in total. The first-order chi connectivity index (χ1) is 11.1. The van der Waals surface area contributed by atoms with Crippen molar-refractivity contribution in [1.82, 2.24) is 0 Å². The molecule has 0 saturated heterocycles. The number of benzene rings is 2. The first-order valence-electron chi connectivity index (χ1n) is 6.91. The van der Waals surface area contributed by atoms with Crippen LogP contribution in [-0.4, -0.2) is 36.5 Å². The van der Waals surface area contributed by atoms with E-state index in [4.69, 9.17) is 14.2 Å². The molecule has 23 heavy (non-hydrogen) atoms. The highest BCUT2D eigenvalue weighted by Crippen LogP contribution is 2.31. The molecule has 0 spiro atoms. The van der Waals surface area contributed by atoms with Gasteiger partial charge in [-0.15, -0.1) is 0 Å². The van der Waals surface area contributed by atoms with Gasteiger partial charge in [0.25, 0.3) is 0 Å². The fourth-order valence-electron chi connectivity index (χ4n) is 2.11. The molecule has 2 aromatic rings. The Hall–Kier alpha value is -2.73. The number of aliphatic carboxylic acids is 1. The van der Waals surface area contributed by atoms with Gasteiger partial charge in [0.15, 0.2) is 11.5 Å². The zero-order chi connectivity index (χ0) is 16.8. The van der Waals surface area contributed by atoms with Crippen molar-refractivity contribution in [2.24, 2.45) is 0 Å². The predicted molar refractivity (Wildman–Crippen MR) is 83.0 cm³/mol. The van der Waals surface area contributed by atoms with Gasteiger partial charge in [-0.3, -0.25) is 0 Å². The van der Waals surface area contributed by atoms with Crippen molar-refractivity contribution >= 4 is 5.97 Å². The zero-order valence-electron chi connectivity index (χ0n) is 12.8. The van der Waals surface area contributed by atoms with Crippen LogP contribution in [0.15, 0.2) is 48.5 Å². The van der Waals surface area contributed by atoms with E-state index in [1.807, 2.05) is 0 Å². The molecule has 0 aliphatic rings. The molecule has 6 nitrogen and oxygen atoms in total. The Morgan fingerprint density at radius 3 is 2.22 bits per heavy atom. The van der Waals surface area contributed by atoms with Gasteiger partial charge in [0.1, 0.15) is 11.9 Å². The molecule has 0 fully saturated rings. The first-order valence-corrected chi connectivity index (χ1v) is 6.91. The minimum Gasteiger partial charge on any atom is -0.493 e. The third-order valence-electron chi connectivity index (χ3n) is 3.29. The van der Waals surface area contributed by atoms with E-state index >= 15 is 0 Å². The quantitative estimate of drug-likeness (QED) is 0.814. The van der Waals surface area contributed by atoms with E-state index in [9.17, 15) is 15.0 Å². The summed E-state index contributed by atoms with van der Waals surface area (Å²) in [6, 6.07) is 13.2.